The molecule has 0 atom stereocenters. The van der Waals surface area contributed by atoms with Crippen LogP contribution in [0, 0.1) is 0 Å². The summed E-state index contributed by atoms with van der Waals surface area (Å²) >= 11 is 0. The third-order valence-corrected chi connectivity index (χ3v) is 6.67. The van der Waals surface area contributed by atoms with Gasteiger partial charge in [-0.15, -0.1) is 0 Å². The lowest BCUT2D eigenvalue weighted by atomic mass is 10.0. The van der Waals surface area contributed by atoms with E-state index in [1.54, 1.807) is 6.21 Å². The Morgan fingerprint density at radius 2 is 1.64 bits per heavy atom. The topological polar surface area (TPSA) is 73.1 Å². The molecular weight excluding hydrogens is 545 g/mol. The van der Waals surface area contributed by atoms with E-state index in [2.05, 4.69) is 27.9 Å². The molecule has 42 heavy (non-hydrogen) atoms. The molecular formula is C33H27F3N2O4. The average Bonchev–Trinajstić information content (AvgIpc) is 3.33. The first-order chi connectivity index (χ1) is 20.3. The quantitative estimate of drug-likeness (QED) is 0.0992. The molecule has 0 fully saturated rings. The number of benzene rings is 4. The molecule has 0 bridgehead atoms. The molecule has 0 aliphatic rings. The number of fused-ring (bicyclic) bond motifs is 1. The fraction of sp³-hybridized carbons (Fsp3) is 0.152. The normalized spacial score (nSPS) is 11.7. The van der Waals surface area contributed by atoms with E-state index in [1.807, 2.05) is 42.6 Å². The highest BCUT2D eigenvalue weighted by molar-refractivity contribution is 5.99. The third-order valence-electron chi connectivity index (χ3n) is 6.67. The molecule has 0 saturated heterocycles. The molecule has 5 rings (SSSR count). The number of alkyl halides is 3. The van der Waals surface area contributed by atoms with E-state index in [1.165, 1.54) is 35.9 Å². The van der Waals surface area contributed by atoms with Crippen LogP contribution in [0.25, 0.3) is 22.0 Å². The average molecular weight is 573 g/mol. The second-order valence-corrected chi connectivity index (χ2v) is 9.58. The molecule has 1 N–H and O–H groups in total. The van der Waals surface area contributed by atoms with Crippen LogP contribution in [0.4, 0.5) is 13.2 Å². The minimum atomic E-state index is -4.47. The lowest BCUT2D eigenvalue weighted by molar-refractivity contribution is -0.137. The summed E-state index contributed by atoms with van der Waals surface area (Å²) in [6, 6.07) is 27.1. The van der Waals surface area contributed by atoms with Gasteiger partial charge >= 0.3 is 12.1 Å². The van der Waals surface area contributed by atoms with Crippen molar-refractivity contribution in [2.45, 2.75) is 19.1 Å². The minimum Gasteiger partial charge on any atom is -0.493 e. The van der Waals surface area contributed by atoms with Crippen molar-refractivity contribution in [3.8, 4) is 16.9 Å². The molecule has 0 radical (unpaired) electrons. The van der Waals surface area contributed by atoms with Gasteiger partial charge in [-0.25, -0.2) is 4.79 Å². The Labute approximate surface area is 240 Å². The van der Waals surface area contributed by atoms with Crippen LogP contribution in [-0.2, 0) is 17.6 Å². The summed E-state index contributed by atoms with van der Waals surface area (Å²) in [5.74, 6) is -0.793. The summed E-state index contributed by atoms with van der Waals surface area (Å²) in [5.41, 5.74) is 3.22. The standard InChI is InChI=1S/C33H27F3N2O4/c34-33(35,36)27-14-11-24(12-15-27)29-19-25(32(39)40)13-16-31(29)41-17-6-18-42-37-20-26-22-38(21-23-7-2-1-3-8-23)30-10-5-4-9-28(26)30/h1-5,7-16,19-20,22H,6,17-18,21H2,(H,39,40). The van der Waals surface area contributed by atoms with Gasteiger partial charge in [0.25, 0.3) is 0 Å². The summed E-state index contributed by atoms with van der Waals surface area (Å²) in [5, 5.41) is 14.6. The Bertz CT molecular complexity index is 1690. The molecule has 214 valence electrons. The highest BCUT2D eigenvalue weighted by atomic mass is 19.4. The third kappa shape index (κ3) is 6.80. The number of aromatic nitrogens is 1. The van der Waals surface area contributed by atoms with Crippen molar-refractivity contribution >= 4 is 23.1 Å². The van der Waals surface area contributed by atoms with Gasteiger partial charge in [-0.05, 0) is 47.5 Å². The van der Waals surface area contributed by atoms with Crippen LogP contribution >= 0.6 is 0 Å². The van der Waals surface area contributed by atoms with Crippen LogP contribution in [0.1, 0.15) is 33.5 Å². The maximum Gasteiger partial charge on any atom is 0.416 e. The molecule has 0 saturated carbocycles. The van der Waals surface area contributed by atoms with E-state index in [4.69, 9.17) is 9.57 Å². The SMILES string of the molecule is O=C(O)c1ccc(OCCCON=Cc2cn(Cc3ccccc3)c3ccccc23)c(-c2ccc(C(F)(F)F)cc2)c1. The maximum atomic E-state index is 13.0. The second-order valence-electron chi connectivity index (χ2n) is 9.58. The van der Waals surface area contributed by atoms with Gasteiger partial charge in [0.1, 0.15) is 12.4 Å². The number of rotatable bonds is 11. The van der Waals surface area contributed by atoms with E-state index in [-0.39, 0.29) is 18.8 Å². The highest BCUT2D eigenvalue weighted by Gasteiger charge is 2.30. The van der Waals surface area contributed by atoms with Crippen molar-refractivity contribution in [1.82, 2.24) is 4.57 Å². The van der Waals surface area contributed by atoms with Crippen molar-refractivity contribution in [3.05, 3.63) is 126 Å². The van der Waals surface area contributed by atoms with Crippen LogP contribution < -0.4 is 4.74 Å². The number of aromatic carboxylic acids is 1. The number of carboxylic acids is 1. The Morgan fingerprint density at radius 3 is 2.38 bits per heavy atom. The molecule has 1 heterocycles. The highest BCUT2D eigenvalue weighted by Crippen LogP contribution is 2.35. The maximum absolute atomic E-state index is 13.0. The second kappa shape index (κ2) is 12.6. The number of hydrogen-bond acceptors (Lipinski definition) is 4. The first-order valence-corrected chi connectivity index (χ1v) is 13.2. The summed E-state index contributed by atoms with van der Waals surface area (Å²) in [4.78, 5) is 16.9. The molecule has 0 unspecified atom stereocenters. The Kier molecular flexibility index (Phi) is 8.57. The van der Waals surface area contributed by atoms with Gasteiger partial charge in [-0.1, -0.05) is 65.8 Å². The van der Waals surface area contributed by atoms with Crippen molar-refractivity contribution in [3.63, 3.8) is 0 Å². The largest absolute Gasteiger partial charge is 0.493 e. The van der Waals surface area contributed by atoms with Crippen LogP contribution in [0.3, 0.4) is 0 Å². The van der Waals surface area contributed by atoms with Crippen LogP contribution in [0.15, 0.2) is 108 Å². The number of carbonyl (C=O) groups is 1. The number of para-hydroxylation sites is 1. The van der Waals surface area contributed by atoms with Gasteiger partial charge in [-0.3, -0.25) is 0 Å². The Hall–Kier alpha value is -5.05. The van der Waals surface area contributed by atoms with Gasteiger partial charge in [0.2, 0.25) is 0 Å². The van der Waals surface area contributed by atoms with Crippen LogP contribution in [0.2, 0.25) is 0 Å². The summed E-state index contributed by atoms with van der Waals surface area (Å²) < 4.78 is 47.0. The van der Waals surface area contributed by atoms with Crippen LogP contribution in [0.5, 0.6) is 5.75 Å². The van der Waals surface area contributed by atoms with E-state index in [0.717, 1.165) is 35.1 Å². The zero-order chi connectivity index (χ0) is 29.5. The molecule has 4 aromatic carbocycles. The molecule has 0 aliphatic heterocycles. The first kappa shape index (κ1) is 28.5. The first-order valence-electron chi connectivity index (χ1n) is 13.2. The van der Waals surface area contributed by atoms with E-state index in [0.29, 0.717) is 23.3 Å². The van der Waals surface area contributed by atoms with Crippen molar-refractivity contribution in [1.29, 1.82) is 0 Å². The summed E-state index contributed by atoms with van der Waals surface area (Å²) in [7, 11) is 0. The predicted molar refractivity (Wildman–Crippen MR) is 155 cm³/mol. The lowest BCUT2D eigenvalue weighted by Gasteiger charge is -2.13. The molecule has 1 aromatic heterocycles. The van der Waals surface area contributed by atoms with Gasteiger partial charge in [-0.2, -0.15) is 13.2 Å². The Morgan fingerprint density at radius 1 is 0.905 bits per heavy atom. The lowest BCUT2D eigenvalue weighted by Crippen LogP contribution is -2.05. The monoisotopic (exact) mass is 572 g/mol. The number of halogens is 3. The van der Waals surface area contributed by atoms with Gasteiger partial charge < -0.3 is 19.2 Å². The number of ether oxygens (including phenoxy) is 1. The number of nitrogens with zero attached hydrogens (tertiary/aromatic N) is 2. The number of hydrogen-bond donors (Lipinski definition) is 1. The van der Waals surface area contributed by atoms with E-state index < -0.39 is 17.7 Å². The molecule has 9 heteroatoms. The van der Waals surface area contributed by atoms with Crippen molar-refractivity contribution < 1.29 is 32.6 Å². The molecule has 0 amide bonds. The molecule has 5 aromatic rings. The fourth-order valence-electron chi connectivity index (χ4n) is 4.59. The zero-order valence-electron chi connectivity index (χ0n) is 22.4. The van der Waals surface area contributed by atoms with Gasteiger partial charge in [0.15, 0.2) is 0 Å². The van der Waals surface area contributed by atoms with Gasteiger partial charge in [0, 0.05) is 41.2 Å². The number of oxime groups is 1. The molecule has 6 nitrogen and oxygen atoms in total. The molecule has 0 aliphatic carbocycles. The van der Waals surface area contributed by atoms with Crippen molar-refractivity contribution in [2.75, 3.05) is 13.2 Å². The fourth-order valence-corrected chi connectivity index (χ4v) is 4.59. The molecule has 0 spiro atoms. The van der Waals surface area contributed by atoms with Gasteiger partial charge in [0.05, 0.1) is 23.9 Å². The summed E-state index contributed by atoms with van der Waals surface area (Å²) in [6.45, 7) is 1.23. The summed E-state index contributed by atoms with van der Waals surface area (Å²) in [6.07, 6.45) is -0.280. The minimum absolute atomic E-state index is 0.0000403. The van der Waals surface area contributed by atoms with Crippen molar-refractivity contribution in [2.24, 2.45) is 5.16 Å². The Balaban J connectivity index is 1.19. The number of carboxylic acid groups (broad SMARTS) is 1. The van der Waals surface area contributed by atoms with E-state index >= 15 is 0 Å². The van der Waals surface area contributed by atoms with E-state index in [9.17, 15) is 23.1 Å². The zero-order valence-corrected chi connectivity index (χ0v) is 22.4. The van der Waals surface area contributed by atoms with Crippen LogP contribution in [-0.4, -0.2) is 35.1 Å². The smallest absolute Gasteiger partial charge is 0.416 e. The predicted octanol–water partition coefficient (Wildman–Crippen LogP) is 7.89.